The molecule has 2 aromatic carbocycles. The minimum Gasteiger partial charge on any atom is -0.271 e. The van der Waals surface area contributed by atoms with E-state index in [0.29, 0.717) is 5.56 Å². The summed E-state index contributed by atoms with van der Waals surface area (Å²) in [5.74, 6) is 1.97. The Labute approximate surface area is 113 Å². The van der Waals surface area contributed by atoms with Crippen LogP contribution in [0.4, 0.5) is 17.6 Å². The maximum Gasteiger partial charge on any atom is 0.159 e. The molecule has 0 aromatic heterocycles. The summed E-state index contributed by atoms with van der Waals surface area (Å²) in [6, 6.07) is 5.85. The highest BCUT2D eigenvalue weighted by atomic mass is 19.2. The molecule has 1 atom stereocenters. The molecule has 0 saturated carbocycles. The quantitative estimate of drug-likeness (QED) is 0.514. The van der Waals surface area contributed by atoms with Gasteiger partial charge in [-0.15, -0.1) is 0 Å². The molecule has 1 unspecified atom stereocenters. The molecule has 3 N–H and O–H groups in total. The van der Waals surface area contributed by atoms with E-state index in [1.165, 1.54) is 12.1 Å². The highest BCUT2D eigenvalue weighted by Crippen LogP contribution is 2.21. The van der Waals surface area contributed by atoms with Crippen LogP contribution in [0.2, 0.25) is 0 Å². The van der Waals surface area contributed by atoms with Crippen molar-refractivity contribution >= 4 is 0 Å². The van der Waals surface area contributed by atoms with Gasteiger partial charge in [0.15, 0.2) is 11.6 Å². The maximum absolute atomic E-state index is 13.6. The van der Waals surface area contributed by atoms with Crippen LogP contribution in [0.25, 0.3) is 0 Å². The van der Waals surface area contributed by atoms with Crippen LogP contribution in [0.1, 0.15) is 17.2 Å². The summed E-state index contributed by atoms with van der Waals surface area (Å²) in [7, 11) is 0. The van der Waals surface area contributed by atoms with Gasteiger partial charge in [0.05, 0.1) is 6.04 Å². The van der Waals surface area contributed by atoms with Gasteiger partial charge in [0.25, 0.3) is 0 Å². The zero-order valence-corrected chi connectivity index (χ0v) is 10.3. The van der Waals surface area contributed by atoms with E-state index in [4.69, 9.17) is 5.84 Å². The van der Waals surface area contributed by atoms with Gasteiger partial charge < -0.3 is 0 Å². The van der Waals surface area contributed by atoms with Crippen LogP contribution in [0.5, 0.6) is 0 Å². The molecule has 0 fully saturated rings. The Balaban J connectivity index is 2.26. The highest BCUT2D eigenvalue weighted by Gasteiger charge is 2.15. The van der Waals surface area contributed by atoms with Crippen molar-refractivity contribution in [1.82, 2.24) is 5.43 Å². The Bertz CT molecular complexity index is 616. The van der Waals surface area contributed by atoms with E-state index in [1.807, 2.05) is 0 Å². The van der Waals surface area contributed by atoms with Crippen LogP contribution in [-0.2, 0) is 6.42 Å². The molecule has 20 heavy (non-hydrogen) atoms. The first-order valence-electron chi connectivity index (χ1n) is 5.86. The van der Waals surface area contributed by atoms with E-state index >= 15 is 0 Å². The lowest BCUT2D eigenvalue weighted by molar-refractivity contribution is 0.493. The minimum atomic E-state index is -1.01. The Morgan fingerprint density at radius 2 is 1.65 bits per heavy atom. The van der Waals surface area contributed by atoms with E-state index in [0.717, 1.165) is 24.3 Å². The fraction of sp³-hybridized carbons (Fsp3) is 0.143. The van der Waals surface area contributed by atoms with E-state index in [1.54, 1.807) is 0 Å². The molecular weight excluding hydrogens is 272 g/mol. The fourth-order valence-electron chi connectivity index (χ4n) is 1.91. The van der Waals surface area contributed by atoms with Crippen LogP contribution in [0.15, 0.2) is 36.4 Å². The molecule has 2 rings (SSSR count). The molecule has 0 spiro atoms. The van der Waals surface area contributed by atoms with Crippen molar-refractivity contribution in [2.24, 2.45) is 5.84 Å². The van der Waals surface area contributed by atoms with Gasteiger partial charge in [-0.05, 0) is 35.7 Å². The second-order valence-electron chi connectivity index (χ2n) is 4.33. The molecular formula is C14H12F4N2. The predicted molar refractivity (Wildman–Crippen MR) is 66.5 cm³/mol. The number of benzene rings is 2. The van der Waals surface area contributed by atoms with Gasteiger partial charge in [0.1, 0.15) is 11.6 Å². The molecule has 0 aliphatic carbocycles. The van der Waals surface area contributed by atoms with E-state index in [9.17, 15) is 17.6 Å². The molecule has 2 nitrogen and oxygen atoms in total. The highest BCUT2D eigenvalue weighted by molar-refractivity contribution is 5.26. The summed E-state index contributed by atoms with van der Waals surface area (Å²) in [4.78, 5) is 0. The first kappa shape index (κ1) is 14.5. The van der Waals surface area contributed by atoms with Crippen molar-refractivity contribution in [3.63, 3.8) is 0 Å². The van der Waals surface area contributed by atoms with Gasteiger partial charge >= 0.3 is 0 Å². The second-order valence-corrected chi connectivity index (χ2v) is 4.33. The van der Waals surface area contributed by atoms with E-state index < -0.39 is 29.3 Å². The smallest absolute Gasteiger partial charge is 0.159 e. The average molecular weight is 284 g/mol. The molecule has 0 bridgehead atoms. The first-order chi connectivity index (χ1) is 9.51. The monoisotopic (exact) mass is 284 g/mol. The van der Waals surface area contributed by atoms with Crippen LogP contribution >= 0.6 is 0 Å². The van der Waals surface area contributed by atoms with Gasteiger partial charge in [-0.3, -0.25) is 11.3 Å². The fourth-order valence-corrected chi connectivity index (χ4v) is 1.91. The molecule has 0 aliphatic heterocycles. The summed E-state index contributed by atoms with van der Waals surface area (Å²) in [6.07, 6.45) is 0.0771. The SMILES string of the molecule is NNC(Cc1ccc(F)cc1F)c1ccc(F)c(F)c1. The number of halogens is 4. The molecule has 6 heteroatoms. The zero-order valence-electron chi connectivity index (χ0n) is 10.3. The van der Waals surface area contributed by atoms with Crippen molar-refractivity contribution in [2.75, 3.05) is 0 Å². The molecule has 0 heterocycles. The number of nitrogens with one attached hydrogen (secondary N) is 1. The van der Waals surface area contributed by atoms with E-state index in [2.05, 4.69) is 5.43 Å². The van der Waals surface area contributed by atoms with Gasteiger partial charge in [-0.1, -0.05) is 12.1 Å². The number of nitrogens with two attached hydrogens (primary N) is 1. The van der Waals surface area contributed by atoms with Gasteiger partial charge in [-0.2, -0.15) is 0 Å². The summed E-state index contributed by atoms with van der Waals surface area (Å²) in [6.45, 7) is 0. The third-order valence-corrected chi connectivity index (χ3v) is 2.99. The lowest BCUT2D eigenvalue weighted by atomic mass is 9.99. The summed E-state index contributed by atoms with van der Waals surface area (Å²) < 4.78 is 52.4. The Kier molecular flexibility index (Phi) is 4.36. The van der Waals surface area contributed by atoms with Crippen LogP contribution in [-0.4, -0.2) is 0 Å². The van der Waals surface area contributed by atoms with Crippen molar-refractivity contribution in [3.8, 4) is 0 Å². The van der Waals surface area contributed by atoms with Crippen molar-refractivity contribution in [3.05, 3.63) is 70.8 Å². The third-order valence-electron chi connectivity index (χ3n) is 2.99. The topological polar surface area (TPSA) is 38.0 Å². The molecule has 0 saturated heterocycles. The zero-order chi connectivity index (χ0) is 14.7. The average Bonchev–Trinajstić information content (AvgIpc) is 2.41. The Morgan fingerprint density at radius 3 is 2.25 bits per heavy atom. The van der Waals surface area contributed by atoms with Crippen LogP contribution < -0.4 is 11.3 Å². The van der Waals surface area contributed by atoms with Crippen molar-refractivity contribution < 1.29 is 17.6 Å². The standard InChI is InChI=1S/C14H12F4N2/c15-10-3-1-8(12(17)7-10)6-14(20-19)9-2-4-11(16)13(18)5-9/h1-5,7,14,20H,6,19H2. The number of hydrazine groups is 1. The van der Waals surface area contributed by atoms with Gasteiger partial charge in [0.2, 0.25) is 0 Å². The molecule has 2 aromatic rings. The minimum absolute atomic E-state index is 0.0771. The lowest BCUT2D eigenvalue weighted by Crippen LogP contribution is -2.30. The van der Waals surface area contributed by atoms with Crippen molar-refractivity contribution in [2.45, 2.75) is 12.5 Å². The number of hydrogen-bond donors (Lipinski definition) is 2. The first-order valence-corrected chi connectivity index (χ1v) is 5.86. The number of hydrogen-bond acceptors (Lipinski definition) is 2. The van der Waals surface area contributed by atoms with Crippen LogP contribution in [0.3, 0.4) is 0 Å². The Morgan fingerprint density at radius 1 is 0.900 bits per heavy atom. The normalized spacial score (nSPS) is 12.4. The molecule has 106 valence electrons. The lowest BCUT2D eigenvalue weighted by Gasteiger charge is -2.17. The molecule has 0 aliphatic rings. The molecule has 0 amide bonds. The van der Waals surface area contributed by atoms with Gasteiger partial charge in [0, 0.05) is 6.07 Å². The third kappa shape index (κ3) is 3.15. The summed E-state index contributed by atoms with van der Waals surface area (Å²) >= 11 is 0. The number of rotatable bonds is 4. The molecule has 0 radical (unpaired) electrons. The summed E-state index contributed by atoms with van der Waals surface area (Å²) in [5, 5.41) is 0. The van der Waals surface area contributed by atoms with E-state index in [-0.39, 0.29) is 12.0 Å². The van der Waals surface area contributed by atoms with Crippen molar-refractivity contribution in [1.29, 1.82) is 0 Å². The largest absolute Gasteiger partial charge is 0.271 e. The Hall–Kier alpha value is -1.92. The second kappa shape index (κ2) is 6.02. The van der Waals surface area contributed by atoms with Gasteiger partial charge in [-0.25, -0.2) is 17.6 Å². The predicted octanol–water partition coefficient (Wildman–Crippen LogP) is 2.99. The van der Waals surface area contributed by atoms with Crippen LogP contribution in [0, 0.1) is 23.3 Å². The summed E-state index contributed by atoms with van der Waals surface area (Å²) in [5.41, 5.74) is 3.00. The maximum atomic E-state index is 13.6.